The number of hydrogen-bond acceptors (Lipinski definition) is 4. The molecule has 0 atom stereocenters. The number of nitrogens with zero attached hydrogens (tertiary/aromatic N) is 1. The fourth-order valence-corrected chi connectivity index (χ4v) is 2.29. The molecule has 0 bridgehead atoms. The van der Waals surface area contributed by atoms with Gasteiger partial charge in [-0.15, -0.1) is 0 Å². The normalized spacial score (nSPS) is 20.8. The fraction of sp³-hybridized carbons (Fsp3) is 0.857. The number of likely N-dealkylation sites (tertiary alicyclic amines) is 1. The molecular weight excluding hydrogens is 214 g/mol. The molecule has 1 heterocycles. The number of hydrogen-bond donors (Lipinski definition) is 1. The third-order valence-electron chi connectivity index (χ3n) is 2.22. The first kappa shape index (κ1) is 10.9. The maximum absolute atomic E-state index is 10.8. The highest BCUT2D eigenvalue weighted by atomic mass is 35.5. The highest BCUT2D eigenvalue weighted by molar-refractivity contribution is 7.72. The maximum atomic E-state index is 10.8. The molecule has 1 rings (SSSR count). The van der Waals surface area contributed by atoms with Crippen LogP contribution in [0.3, 0.4) is 0 Å². The minimum absolute atomic E-state index is 0.0811. The van der Waals surface area contributed by atoms with Crippen LogP contribution in [0.4, 0.5) is 0 Å². The second kappa shape index (κ2) is 4.93. The van der Waals surface area contributed by atoms with Gasteiger partial charge < -0.3 is 0 Å². The molecule has 0 N–H and O–H groups in total. The maximum Gasteiger partial charge on any atom is 0.224 e. The molecule has 0 aromatic carbocycles. The predicted octanol–water partition coefficient (Wildman–Crippen LogP) is 0.0327. The molecule has 0 aliphatic carbocycles. The van der Waals surface area contributed by atoms with Crippen molar-refractivity contribution in [1.82, 2.24) is 4.90 Å². The lowest BCUT2D eigenvalue weighted by atomic mass is 9.99. The Labute approximate surface area is 83.8 Å². The van der Waals surface area contributed by atoms with E-state index in [1.54, 1.807) is 0 Å². The van der Waals surface area contributed by atoms with Gasteiger partial charge in [0.25, 0.3) is 0 Å². The average molecular weight is 226 g/mol. The Hall–Kier alpha value is -0.130. The molecule has 6 heteroatoms. The molecule has 0 saturated carbocycles. The molecule has 76 valence electrons. The van der Waals surface area contributed by atoms with E-state index in [9.17, 15) is 13.2 Å². The first-order chi connectivity index (χ1) is 6.09. The highest BCUT2D eigenvalue weighted by Crippen LogP contribution is 2.18. The van der Waals surface area contributed by atoms with Crippen molar-refractivity contribution in [2.24, 2.45) is 5.92 Å². The summed E-state index contributed by atoms with van der Waals surface area (Å²) in [4.78, 5) is 12.6. The van der Waals surface area contributed by atoms with Crippen molar-refractivity contribution in [1.29, 1.82) is 0 Å². The number of thiol groups is 1. The molecule has 4 nitrogen and oxygen atoms in total. The Kier molecular flexibility index (Phi) is 4.15. The van der Waals surface area contributed by atoms with Crippen molar-refractivity contribution >= 4 is 27.5 Å². The lowest BCUT2D eigenvalue weighted by molar-refractivity contribution is -0.116. The smallest absolute Gasteiger partial charge is 0.224 e. The van der Waals surface area contributed by atoms with Crippen LogP contribution in [-0.4, -0.2) is 37.5 Å². The van der Waals surface area contributed by atoms with Gasteiger partial charge in [-0.25, -0.2) is 8.42 Å². The van der Waals surface area contributed by atoms with Gasteiger partial charge in [0.1, 0.15) is 0 Å². The second-order valence-electron chi connectivity index (χ2n) is 3.17. The summed E-state index contributed by atoms with van der Waals surface area (Å²) in [6.45, 7) is 1.29. The van der Waals surface area contributed by atoms with Gasteiger partial charge >= 0.3 is 0 Å². The first-order valence-corrected chi connectivity index (χ1v) is 5.87. The molecule has 13 heavy (non-hydrogen) atoms. The van der Waals surface area contributed by atoms with E-state index in [1.165, 1.54) is 0 Å². The number of carbonyl (C=O) groups is 1. The van der Waals surface area contributed by atoms with E-state index in [0.717, 1.165) is 0 Å². The average Bonchev–Trinajstić information content (AvgIpc) is 2.04. The minimum Gasteiger partial charge on any atom is -0.290 e. The first-order valence-electron chi connectivity index (χ1n) is 4.13. The van der Waals surface area contributed by atoms with Crippen molar-refractivity contribution in [3.8, 4) is 0 Å². The van der Waals surface area contributed by atoms with Crippen LogP contribution in [0.1, 0.15) is 12.8 Å². The second-order valence-corrected chi connectivity index (χ2v) is 4.49. The van der Waals surface area contributed by atoms with Gasteiger partial charge in [-0.2, -0.15) is 0 Å². The summed E-state index contributed by atoms with van der Waals surface area (Å²) in [5, 5.41) is -0.300. The van der Waals surface area contributed by atoms with Crippen LogP contribution in [0.2, 0.25) is 0 Å². The van der Waals surface area contributed by atoms with E-state index in [4.69, 9.17) is 11.6 Å². The zero-order valence-corrected chi connectivity index (χ0v) is 8.76. The molecule has 0 spiro atoms. The van der Waals surface area contributed by atoms with Gasteiger partial charge in [0.05, 0.1) is 5.88 Å². The Balaban J connectivity index is 2.34. The minimum atomic E-state index is -2.34. The molecule has 0 unspecified atom stereocenters. The predicted molar refractivity (Wildman–Crippen MR) is 50.3 cm³/mol. The zero-order valence-electron chi connectivity index (χ0n) is 7.11. The monoisotopic (exact) mass is 225 g/mol. The van der Waals surface area contributed by atoms with Gasteiger partial charge in [0.2, 0.25) is 5.24 Å². The molecule has 1 saturated heterocycles. The van der Waals surface area contributed by atoms with Crippen LogP contribution in [0.5, 0.6) is 0 Å². The third kappa shape index (κ3) is 3.62. The third-order valence-corrected chi connectivity index (χ3v) is 3.16. The molecule has 0 aromatic heterocycles. The van der Waals surface area contributed by atoms with E-state index < -0.39 is 10.7 Å². The summed E-state index contributed by atoms with van der Waals surface area (Å²) in [5.74, 6) is 0.0147. The number of carbonyl (C=O) groups excluding carboxylic acids is 1. The summed E-state index contributed by atoms with van der Waals surface area (Å²) in [6.07, 6.45) is 1.34. The van der Waals surface area contributed by atoms with Crippen molar-refractivity contribution < 1.29 is 13.2 Å². The molecule has 1 aliphatic heterocycles. The Bertz CT molecular complexity index is 250. The topological polar surface area (TPSA) is 54.5 Å². The van der Waals surface area contributed by atoms with Crippen LogP contribution in [0, 0.1) is 5.92 Å². The largest absolute Gasteiger partial charge is 0.290 e. The summed E-state index contributed by atoms with van der Waals surface area (Å²) >= 11 is 5.33. The molecular formula is C7H12ClNO3S. The molecule has 0 radical (unpaired) electrons. The molecule has 1 fully saturated rings. The lowest BCUT2D eigenvalue weighted by Gasteiger charge is -2.28. The van der Waals surface area contributed by atoms with E-state index >= 15 is 0 Å². The van der Waals surface area contributed by atoms with Gasteiger partial charge in [0, 0.05) is 5.92 Å². The number of rotatable bonds is 3. The zero-order chi connectivity index (χ0) is 9.84. The SMILES string of the molecule is O=C(Cl)C1CCN(C[SH](=O)=O)CC1. The van der Waals surface area contributed by atoms with Gasteiger partial charge in [0.15, 0.2) is 10.7 Å². The Morgan fingerprint density at radius 1 is 1.38 bits per heavy atom. The summed E-state index contributed by atoms with van der Waals surface area (Å²) in [5.41, 5.74) is 0. The lowest BCUT2D eigenvalue weighted by Crippen LogP contribution is -2.36. The van der Waals surface area contributed by atoms with Gasteiger partial charge in [-0.1, -0.05) is 0 Å². The van der Waals surface area contributed by atoms with Crippen molar-refractivity contribution in [2.45, 2.75) is 12.8 Å². The van der Waals surface area contributed by atoms with Crippen molar-refractivity contribution in [3.05, 3.63) is 0 Å². The van der Waals surface area contributed by atoms with E-state index in [1.807, 2.05) is 4.90 Å². The fourth-order valence-electron chi connectivity index (χ4n) is 1.46. The highest BCUT2D eigenvalue weighted by Gasteiger charge is 2.23. The van der Waals surface area contributed by atoms with Gasteiger partial charge in [-0.05, 0) is 37.5 Å². The van der Waals surface area contributed by atoms with Crippen LogP contribution >= 0.6 is 11.6 Å². The van der Waals surface area contributed by atoms with Crippen LogP contribution in [-0.2, 0) is 15.5 Å². The molecule has 1 aliphatic rings. The summed E-state index contributed by atoms with van der Waals surface area (Å²) in [7, 11) is -2.34. The van der Waals surface area contributed by atoms with Crippen LogP contribution in [0.15, 0.2) is 0 Å². The van der Waals surface area contributed by atoms with Gasteiger partial charge in [-0.3, -0.25) is 9.69 Å². The number of halogens is 1. The van der Waals surface area contributed by atoms with E-state index in [2.05, 4.69) is 0 Å². The quantitative estimate of drug-likeness (QED) is 0.544. The van der Waals surface area contributed by atoms with E-state index in [0.29, 0.717) is 25.9 Å². The summed E-state index contributed by atoms with van der Waals surface area (Å²) < 4.78 is 20.8. The van der Waals surface area contributed by atoms with E-state index in [-0.39, 0.29) is 17.0 Å². The van der Waals surface area contributed by atoms with Crippen LogP contribution in [0.25, 0.3) is 0 Å². The Morgan fingerprint density at radius 2 is 1.92 bits per heavy atom. The summed E-state index contributed by atoms with van der Waals surface area (Å²) in [6, 6.07) is 0. The van der Waals surface area contributed by atoms with Crippen molar-refractivity contribution in [2.75, 3.05) is 19.0 Å². The van der Waals surface area contributed by atoms with Crippen molar-refractivity contribution in [3.63, 3.8) is 0 Å². The van der Waals surface area contributed by atoms with Crippen LogP contribution < -0.4 is 0 Å². The molecule has 0 amide bonds. The number of piperidine rings is 1. The Morgan fingerprint density at radius 3 is 2.31 bits per heavy atom. The standard InChI is InChI=1S/C7H12ClNO3S/c8-7(10)6-1-3-9(4-2-6)5-13(11)12/h6,13H,1-5H2. The molecule has 0 aromatic rings.